The van der Waals surface area contributed by atoms with E-state index in [1.54, 1.807) is 6.92 Å². The van der Waals surface area contributed by atoms with Crippen LogP contribution in [0.25, 0.3) is 0 Å². The van der Waals surface area contributed by atoms with E-state index in [0.717, 1.165) is 6.07 Å². The maximum Gasteiger partial charge on any atom is 0.416 e. The maximum atomic E-state index is 12.8. The number of hydrogen-bond donors (Lipinski definition) is 2. The Morgan fingerprint density at radius 1 is 1.30 bits per heavy atom. The van der Waals surface area contributed by atoms with Gasteiger partial charge in [0.25, 0.3) is 5.91 Å². The molecule has 0 spiro atoms. The summed E-state index contributed by atoms with van der Waals surface area (Å²) >= 11 is 0. The van der Waals surface area contributed by atoms with Gasteiger partial charge in [-0.15, -0.1) is 5.10 Å². The lowest BCUT2D eigenvalue weighted by Crippen LogP contribution is -2.15. The number of carbonyl (C=O) groups is 1. The molecule has 2 rings (SSSR count). The van der Waals surface area contributed by atoms with Crippen LogP contribution in [0.2, 0.25) is 0 Å². The number of nitrogens with one attached hydrogen (secondary N) is 2. The van der Waals surface area contributed by atoms with Crippen molar-refractivity contribution in [1.29, 1.82) is 0 Å². The Labute approximate surface area is 112 Å². The first kappa shape index (κ1) is 14.0. The first-order chi connectivity index (χ1) is 9.27. The highest BCUT2D eigenvalue weighted by molar-refractivity contribution is 6.01. The van der Waals surface area contributed by atoms with Crippen molar-refractivity contribution in [2.45, 2.75) is 20.0 Å². The number of aromatic nitrogens is 3. The largest absolute Gasteiger partial charge is 0.416 e. The molecule has 0 radical (unpaired) electrons. The van der Waals surface area contributed by atoms with Gasteiger partial charge in [0.15, 0.2) is 0 Å². The van der Waals surface area contributed by atoms with Crippen LogP contribution >= 0.6 is 0 Å². The summed E-state index contributed by atoms with van der Waals surface area (Å²) in [7, 11) is 0. The van der Waals surface area contributed by atoms with Gasteiger partial charge in [-0.25, -0.2) is 4.98 Å². The van der Waals surface area contributed by atoms with E-state index < -0.39 is 17.6 Å². The van der Waals surface area contributed by atoms with Crippen molar-refractivity contribution in [3.8, 4) is 0 Å². The van der Waals surface area contributed by atoms with Gasteiger partial charge in [-0.05, 0) is 31.5 Å². The summed E-state index contributed by atoms with van der Waals surface area (Å²) in [6.07, 6.45) is -4.47. The molecule has 0 saturated carbocycles. The van der Waals surface area contributed by atoms with Crippen LogP contribution in [0, 0.1) is 13.8 Å². The van der Waals surface area contributed by atoms with Crippen molar-refractivity contribution in [3.05, 3.63) is 41.0 Å². The smallest absolute Gasteiger partial charge is 0.319 e. The van der Waals surface area contributed by atoms with Crippen molar-refractivity contribution < 1.29 is 18.0 Å². The zero-order valence-corrected chi connectivity index (χ0v) is 10.7. The molecule has 0 unspecified atom stereocenters. The molecule has 0 fully saturated rings. The summed E-state index contributed by atoms with van der Waals surface area (Å²) in [5.41, 5.74) is -0.666. The van der Waals surface area contributed by atoms with Crippen molar-refractivity contribution >= 4 is 11.6 Å². The lowest BCUT2D eigenvalue weighted by molar-refractivity contribution is -0.138. The normalized spacial score (nSPS) is 11.4. The lowest BCUT2D eigenvalue weighted by Gasteiger charge is -2.12. The van der Waals surface area contributed by atoms with Gasteiger partial charge in [-0.1, -0.05) is 6.07 Å². The van der Waals surface area contributed by atoms with E-state index in [-0.39, 0.29) is 17.1 Å². The standard InChI is InChI=1S/C12H11F3N4O/c1-6-3-4-8(5-9(6)12(13,14)15)17-11(20)10-16-7(2)18-19-10/h3-5H,1-2H3,(H,17,20)(H,16,18,19). The third-order valence-corrected chi connectivity index (χ3v) is 2.60. The first-order valence-corrected chi connectivity index (χ1v) is 5.65. The summed E-state index contributed by atoms with van der Waals surface area (Å²) in [6.45, 7) is 2.96. The summed E-state index contributed by atoms with van der Waals surface area (Å²) < 4.78 is 38.3. The van der Waals surface area contributed by atoms with Crippen LogP contribution in [0.1, 0.15) is 27.6 Å². The molecular weight excluding hydrogens is 273 g/mol. The van der Waals surface area contributed by atoms with Gasteiger partial charge in [-0.3, -0.25) is 9.89 Å². The molecule has 1 amide bonds. The van der Waals surface area contributed by atoms with Gasteiger partial charge >= 0.3 is 6.18 Å². The fourth-order valence-electron chi connectivity index (χ4n) is 1.64. The number of alkyl halides is 3. The summed E-state index contributed by atoms with van der Waals surface area (Å²) in [5, 5.41) is 8.44. The van der Waals surface area contributed by atoms with Gasteiger partial charge in [0.2, 0.25) is 5.82 Å². The van der Waals surface area contributed by atoms with Gasteiger partial charge in [0, 0.05) is 5.69 Å². The summed E-state index contributed by atoms with van der Waals surface area (Å²) in [4.78, 5) is 15.5. The summed E-state index contributed by atoms with van der Waals surface area (Å²) in [5.74, 6) is -0.363. The predicted molar refractivity (Wildman–Crippen MR) is 65.3 cm³/mol. The van der Waals surface area contributed by atoms with Gasteiger partial charge in [0.05, 0.1) is 5.56 Å². The predicted octanol–water partition coefficient (Wildman–Crippen LogP) is 2.69. The number of rotatable bonds is 2. The van der Waals surface area contributed by atoms with Crippen LogP contribution in [0.4, 0.5) is 18.9 Å². The Morgan fingerprint density at radius 2 is 2.00 bits per heavy atom. The van der Waals surface area contributed by atoms with Crippen LogP contribution in [-0.2, 0) is 6.18 Å². The Balaban J connectivity index is 2.24. The number of aromatic amines is 1. The Hall–Kier alpha value is -2.38. The average molecular weight is 284 g/mol. The third-order valence-electron chi connectivity index (χ3n) is 2.60. The Bertz CT molecular complexity index is 648. The molecule has 1 aromatic heterocycles. The van der Waals surface area contributed by atoms with Gasteiger partial charge in [0.1, 0.15) is 5.82 Å². The van der Waals surface area contributed by atoms with E-state index >= 15 is 0 Å². The minimum atomic E-state index is -4.47. The highest BCUT2D eigenvalue weighted by Gasteiger charge is 2.32. The molecule has 0 aliphatic heterocycles. The molecule has 0 saturated heterocycles. The van der Waals surface area contributed by atoms with E-state index in [1.807, 2.05) is 0 Å². The number of carbonyl (C=O) groups excluding carboxylic acids is 1. The van der Waals surface area contributed by atoms with E-state index in [2.05, 4.69) is 20.5 Å². The van der Waals surface area contributed by atoms with Crippen molar-refractivity contribution in [1.82, 2.24) is 15.2 Å². The molecule has 0 aliphatic carbocycles. The van der Waals surface area contributed by atoms with E-state index in [9.17, 15) is 18.0 Å². The third kappa shape index (κ3) is 2.95. The number of anilines is 1. The van der Waals surface area contributed by atoms with Crippen LogP contribution in [-0.4, -0.2) is 21.1 Å². The quantitative estimate of drug-likeness (QED) is 0.890. The Morgan fingerprint density at radius 3 is 2.55 bits per heavy atom. The van der Waals surface area contributed by atoms with Crippen molar-refractivity contribution in [2.75, 3.05) is 5.32 Å². The monoisotopic (exact) mass is 284 g/mol. The fraction of sp³-hybridized carbons (Fsp3) is 0.250. The Kier molecular flexibility index (Phi) is 3.47. The molecule has 0 atom stereocenters. The second-order valence-corrected chi connectivity index (χ2v) is 4.23. The molecule has 5 nitrogen and oxygen atoms in total. The van der Waals surface area contributed by atoms with Crippen molar-refractivity contribution in [3.63, 3.8) is 0 Å². The number of benzene rings is 1. The van der Waals surface area contributed by atoms with Crippen LogP contribution < -0.4 is 5.32 Å². The molecule has 1 aromatic carbocycles. The molecule has 0 bridgehead atoms. The number of amides is 1. The molecule has 106 valence electrons. The van der Waals surface area contributed by atoms with Gasteiger partial charge < -0.3 is 5.32 Å². The molecule has 8 heteroatoms. The van der Waals surface area contributed by atoms with Crippen molar-refractivity contribution in [2.24, 2.45) is 0 Å². The average Bonchev–Trinajstić information content (AvgIpc) is 2.77. The van der Waals surface area contributed by atoms with E-state index in [1.165, 1.54) is 19.1 Å². The SMILES string of the molecule is Cc1nc(C(=O)Nc2ccc(C)c(C(F)(F)F)c2)n[nH]1. The van der Waals surface area contributed by atoms with Crippen LogP contribution in [0.3, 0.4) is 0 Å². The molecular formula is C12H11F3N4O. The number of hydrogen-bond acceptors (Lipinski definition) is 3. The zero-order chi connectivity index (χ0) is 14.9. The van der Waals surface area contributed by atoms with Crippen LogP contribution in [0.15, 0.2) is 18.2 Å². The minimum Gasteiger partial charge on any atom is -0.319 e. The molecule has 0 aliphatic rings. The number of H-pyrrole nitrogens is 1. The highest BCUT2D eigenvalue weighted by atomic mass is 19.4. The second kappa shape index (κ2) is 4.95. The topological polar surface area (TPSA) is 70.7 Å². The number of aryl methyl sites for hydroxylation is 2. The molecule has 2 N–H and O–H groups in total. The minimum absolute atomic E-state index is 0.0374. The molecule has 20 heavy (non-hydrogen) atoms. The zero-order valence-electron chi connectivity index (χ0n) is 10.7. The molecule has 1 heterocycles. The van der Waals surface area contributed by atoms with Gasteiger partial charge in [-0.2, -0.15) is 13.2 Å². The summed E-state index contributed by atoms with van der Waals surface area (Å²) in [6, 6.07) is 3.57. The molecule has 2 aromatic rings. The van der Waals surface area contributed by atoms with E-state index in [4.69, 9.17) is 0 Å². The first-order valence-electron chi connectivity index (χ1n) is 5.65. The lowest BCUT2D eigenvalue weighted by atomic mass is 10.1. The number of nitrogens with zero attached hydrogens (tertiary/aromatic N) is 2. The highest BCUT2D eigenvalue weighted by Crippen LogP contribution is 2.33. The fourth-order valence-corrected chi connectivity index (χ4v) is 1.64. The van der Waals surface area contributed by atoms with Crippen LogP contribution in [0.5, 0.6) is 0 Å². The van der Waals surface area contributed by atoms with E-state index in [0.29, 0.717) is 5.82 Å². The second-order valence-electron chi connectivity index (χ2n) is 4.23. The number of halogens is 3. The maximum absolute atomic E-state index is 12.8.